The SMILES string of the molecule is NCc1cc(=O)[nH]c(-c2ccc(F)c(Cl)c2)n1. The summed E-state index contributed by atoms with van der Waals surface area (Å²) in [5.74, 6) is -0.201. The lowest BCUT2D eigenvalue weighted by molar-refractivity contribution is 0.628. The van der Waals surface area contributed by atoms with Gasteiger partial charge in [-0.25, -0.2) is 9.37 Å². The summed E-state index contributed by atoms with van der Waals surface area (Å²) in [7, 11) is 0. The number of nitrogens with zero attached hydrogens (tertiary/aromatic N) is 1. The highest BCUT2D eigenvalue weighted by Gasteiger charge is 2.06. The molecule has 2 aromatic rings. The van der Waals surface area contributed by atoms with Gasteiger partial charge in [-0.1, -0.05) is 11.6 Å². The predicted molar refractivity (Wildman–Crippen MR) is 63.2 cm³/mol. The number of H-pyrrole nitrogens is 1. The molecule has 6 heteroatoms. The van der Waals surface area contributed by atoms with Crippen LogP contribution in [0, 0.1) is 5.82 Å². The molecule has 0 bridgehead atoms. The van der Waals surface area contributed by atoms with Crippen LogP contribution in [-0.2, 0) is 6.54 Å². The van der Waals surface area contributed by atoms with Crippen molar-refractivity contribution in [3.63, 3.8) is 0 Å². The summed E-state index contributed by atoms with van der Waals surface area (Å²) in [4.78, 5) is 18.0. The van der Waals surface area contributed by atoms with Gasteiger partial charge in [0, 0.05) is 18.2 Å². The summed E-state index contributed by atoms with van der Waals surface area (Å²) in [6.07, 6.45) is 0. The molecule has 0 unspecified atom stereocenters. The first kappa shape index (κ1) is 11.8. The van der Waals surface area contributed by atoms with Crippen molar-refractivity contribution in [2.75, 3.05) is 0 Å². The molecule has 0 amide bonds. The molecule has 4 nitrogen and oxygen atoms in total. The molecule has 2 rings (SSSR count). The number of rotatable bonds is 2. The Morgan fingerprint density at radius 1 is 1.41 bits per heavy atom. The van der Waals surface area contributed by atoms with E-state index in [9.17, 15) is 9.18 Å². The standard InChI is InChI=1S/C11H9ClFN3O/c12-8-3-6(1-2-9(8)13)11-15-7(5-14)4-10(17)16-11/h1-4H,5,14H2,(H,15,16,17). The summed E-state index contributed by atoms with van der Waals surface area (Å²) in [5, 5.41) is -0.0247. The second-order valence-electron chi connectivity index (χ2n) is 3.42. The average Bonchev–Trinajstić information content (AvgIpc) is 2.32. The first-order chi connectivity index (χ1) is 8.10. The predicted octanol–water partition coefficient (Wildman–Crippen LogP) is 1.69. The van der Waals surface area contributed by atoms with Crippen molar-refractivity contribution in [1.29, 1.82) is 0 Å². The number of hydrogen-bond acceptors (Lipinski definition) is 3. The number of nitrogens with one attached hydrogen (secondary N) is 1. The summed E-state index contributed by atoms with van der Waals surface area (Å²) < 4.78 is 13.0. The molecular weight excluding hydrogens is 245 g/mol. The van der Waals surface area contributed by atoms with Crippen molar-refractivity contribution in [3.05, 3.63) is 51.2 Å². The van der Waals surface area contributed by atoms with E-state index in [4.69, 9.17) is 17.3 Å². The molecule has 1 heterocycles. The van der Waals surface area contributed by atoms with E-state index in [0.717, 1.165) is 0 Å². The average molecular weight is 254 g/mol. The topological polar surface area (TPSA) is 71.8 Å². The van der Waals surface area contributed by atoms with Gasteiger partial charge in [-0.15, -0.1) is 0 Å². The Labute approximate surface area is 101 Å². The minimum Gasteiger partial charge on any atom is -0.325 e. The molecule has 88 valence electrons. The highest BCUT2D eigenvalue weighted by atomic mass is 35.5. The molecule has 0 saturated heterocycles. The van der Waals surface area contributed by atoms with Crippen LogP contribution in [0.1, 0.15) is 5.69 Å². The smallest absolute Gasteiger partial charge is 0.251 e. The van der Waals surface area contributed by atoms with Crippen molar-refractivity contribution in [3.8, 4) is 11.4 Å². The van der Waals surface area contributed by atoms with Crippen LogP contribution >= 0.6 is 11.6 Å². The van der Waals surface area contributed by atoms with Gasteiger partial charge in [0.05, 0.1) is 10.7 Å². The van der Waals surface area contributed by atoms with E-state index >= 15 is 0 Å². The first-order valence-electron chi connectivity index (χ1n) is 4.86. The Morgan fingerprint density at radius 3 is 2.82 bits per heavy atom. The Balaban J connectivity index is 2.55. The summed E-state index contributed by atoms with van der Waals surface area (Å²) in [6, 6.07) is 5.41. The molecule has 17 heavy (non-hydrogen) atoms. The fraction of sp³-hybridized carbons (Fsp3) is 0.0909. The third kappa shape index (κ3) is 2.51. The lowest BCUT2D eigenvalue weighted by Gasteiger charge is -2.03. The quantitative estimate of drug-likeness (QED) is 0.856. The second kappa shape index (κ2) is 4.65. The van der Waals surface area contributed by atoms with Crippen molar-refractivity contribution in [2.24, 2.45) is 5.73 Å². The van der Waals surface area contributed by atoms with Crippen LogP contribution in [-0.4, -0.2) is 9.97 Å². The van der Waals surface area contributed by atoms with Gasteiger partial charge in [0.1, 0.15) is 11.6 Å². The molecule has 0 radical (unpaired) electrons. The lowest BCUT2D eigenvalue weighted by atomic mass is 10.2. The molecular formula is C11H9ClFN3O. The number of hydrogen-bond donors (Lipinski definition) is 2. The third-order valence-electron chi connectivity index (χ3n) is 2.20. The highest BCUT2D eigenvalue weighted by Crippen LogP contribution is 2.21. The summed E-state index contributed by atoms with van der Waals surface area (Å²) >= 11 is 5.66. The van der Waals surface area contributed by atoms with Crippen LogP contribution in [0.15, 0.2) is 29.1 Å². The zero-order valence-electron chi connectivity index (χ0n) is 8.71. The monoisotopic (exact) mass is 253 g/mol. The van der Waals surface area contributed by atoms with E-state index in [-0.39, 0.29) is 17.1 Å². The van der Waals surface area contributed by atoms with Gasteiger partial charge in [-0.05, 0) is 18.2 Å². The van der Waals surface area contributed by atoms with Gasteiger partial charge < -0.3 is 10.7 Å². The van der Waals surface area contributed by atoms with Gasteiger partial charge in [-0.2, -0.15) is 0 Å². The fourth-order valence-electron chi connectivity index (χ4n) is 1.39. The molecule has 0 aliphatic carbocycles. The maximum Gasteiger partial charge on any atom is 0.251 e. The van der Waals surface area contributed by atoms with Gasteiger partial charge >= 0.3 is 0 Å². The minimum absolute atomic E-state index is 0.0247. The van der Waals surface area contributed by atoms with Crippen molar-refractivity contribution < 1.29 is 4.39 Å². The molecule has 1 aromatic heterocycles. The second-order valence-corrected chi connectivity index (χ2v) is 3.83. The van der Waals surface area contributed by atoms with Crippen LogP contribution in [0.3, 0.4) is 0 Å². The molecule has 1 aromatic carbocycles. The van der Waals surface area contributed by atoms with E-state index < -0.39 is 5.82 Å². The van der Waals surface area contributed by atoms with Crippen LogP contribution in [0.5, 0.6) is 0 Å². The number of benzene rings is 1. The van der Waals surface area contributed by atoms with Gasteiger partial charge in [0.15, 0.2) is 0 Å². The molecule has 0 fully saturated rings. The van der Waals surface area contributed by atoms with Gasteiger partial charge in [0.25, 0.3) is 5.56 Å². The molecule has 0 atom stereocenters. The van der Waals surface area contributed by atoms with Crippen LogP contribution < -0.4 is 11.3 Å². The zero-order chi connectivity index (χ0) is 12.4. The largest absolute Gasteiger partial charge is 0.325 e. The van der Waals surface area contributed by atoms with Gasteiger partial charge in [0.2, 0.25) is 0 Å². The Kier molecular flexibility index (Phi) is 3.21. The number of nitrogens with two attached hydrogens (primary N) is 1. The maximum atomic E-state index is 13.0. The first-order valence-corrected chi connectivity index (χ1v) is 5.23. The number of aromatic amines is 1. The number of halogens is 2. The minimum atomic E-state index is -0.521. The molecule has 0 spiro atoms. The fourth-order valence-corrected chi connectivity index (χ4v) is 1.57. The van der Waals surface area contributed by atoms with E-state index in [2.05, 4.69) is 9.97 Å². The number of aromatic nitrogens is 2. The van der Waals surface area contributed by atoms with Crippen LogP contribution in [0.2, 0.25) is 5.02 Å². The van der Waals surface area contributed by atoms with Gasteiger partial charge in [-0.3, -0.25) is 4.79 Å². The van der Waals surface area contributed by atoms with Crippen LogP contribution in [0.4, 0.5) is 4.39 Å². The third-order valence-corrected chi connectivity index (χ3v) is 2.49. The lowest BCUT2D eigenvalue weighted by Crippen LogP contribution is -2.12. The Bertz CT molecular complexity index is 612. The maximum absolute atomic E-state index is 13.0. The molecule has 0 aliphatic rings. The molecule has 0 aliphatic heterocycles. The summed E-state index contributed by atoms with van der Waals surface area (Å²) in [5.41, 5.74) is 6.10. The van der Waals surface area contributed by atoms with E-state index in [1.54, 1.807) is 0 Å². The van der Waals surface area contributed by atoms with E-state index in [0.29, 0.717) is 17.1 Å². The van der Waals surface area contributed by atoms with Crippen molar-refractivity contribution >= 4 is 11.6 Å². The van der Waals surface area contributed by atoms with Crippen molar-refractivity contribution in [2.45, 2.75) is 6.54 Å². The Morgan fingerprint density at radius 2 is 2.18 bits per heavy atom. The van der Waals surface area contributed by atoms with E-state index in [1.807, 2.05) is 0 Å². The van der Waals surface area contributed by atoms with E-state index in [1.165, 1.54) is 24.3 Å². The normalized spacial score (nSPS) is 10.5. The summed E-state index contributed by atoms with van der Waals surface area (Å²) in [6.45, 7) is 0.159. The van der Waals surface area contributed by atoms with Crippen LogP contribution in [0.25, 0.3) is 11.4 Å². The molecule has 0 saturated carbocycles. The highest BCUT2D eigenvalue weighted by molar-refractivity contribution is 6.31. The van der Waals surface area contributed by atoms with Crippen molar-refractivity contribution in [1.82, 2.24) is 9.97 Å². The zero-order valence-corrected chi connectivity index (χ0v) is 9.46. The Hall–Kier alpha value is -1.72. The molecule has 3 N–H and O–H groups in total.